The van der Waals surface area contributed by atoms with E-state index in [0.29, 0.717) is 25.2 Å². The number of rotatable bonds is 9. The maximum Gasteiger partial charge on any atom is 0.286 e. The summed E-state index contributed by atoms with van der Waals surface area (Å²) in [6.45, 7) is 7.04. The first kappa shape index (κ1) is 27.9. The third-order valence-corrected chi connectivity index (χ3v) is 4.98. The van der Waals surface area contributed by atoms with Crippen LogP contribution < -0.4 is 4.74 Å². The lowest BCUT2D eigenvalue weighted by atomic mass is 10.1. The predicted octanol–water partition coefficient (Wildman–Crippen LogP) is 3.54. The molecule has 2 aromatic rings. The number of aldehydes is 1. The van der Waals surface area contributed by atoms with Crippen LogP contribution in [0.3, 0.4) is 0 Å². The van der Waals surface area contributed by atoms with E-state index >= 15 is 0 Å². The van der Waals surface area contributed by atoms with E-state index in [0.717, 1.165) is 22.2 Å². The molecule has 180 valence electrons. The minimum Gasteiger partial charge on any atom is -0.496 e. The van der Waals surface area contributed by atoms with Crippen molar-refractivity contribution in [2.45, 2.75) is 20.8 Å². The molecule has 0 unspecified atom stereocenters. The molecule has 1 heterocycles. The van der Waals surface area contributed by atoms with Crippen LogP contribution in [0.1, 0.15) is 25.0 Å². The summed E-state index contributed by atoms with van der Waals surface area (Å²) < 4.78 is 5.24. The van der Waals surface area contributed by atoms with Gasteiger partial charge in [-0.1, -0.05) is 30.4 Å². The number of hydrogen-bond donors (Lipinski definition) is 1. The number of allylic oxidation sites excluding steroid dienone is 5. The zero-order chi connectivity index (χ0) is 25.5. The van der Waals surface area contributed by atoms with Crippen molar-refractivity contribution in [2.24, 2.45) is 0 Å². The molecule has 0 aliphatic carbocycles. The number of nitrogens with zero attached hydrogens (tertiary/aromatic N) is 3. The zero-order valence-corrected chi connectivity index (χ0v) is 20.4. The van der Waals surface area contributed by atoms with Crippen LogP contribution in [0.5, 0.6) is 5.75 Å². The second-order valence-corrected chi connectivity index (χ2v) is 7.21. The second-order valence-electron chi connectivity index (χ2n) is 7.21. The van der Waals surface area contributed by atoms with Crippen LogP contribution in [-0.2, 0) is 14.4 Å². The van der Waals surface area contributed by atoms with Crippen LogP contribution >= 0.6 is 0 Å². The Morgan fingerprint density at radius 3 is 2.44 bits per heavy atom. The normalized spacial score (nSPS) is 10.8. The summed E-state index contributed by atoms with van der Waals surface area (Å²) in [6, 6.07) is 5.73. The predicted molar refractivity (Wildman–Crippen MR) is 133 cm³/mol. The second kappa shape index (κ2) is 14.9. The molecule has 0 fully saturated rings. The number of carbonyl (C=O) groups is 3. The van der Waals surface area contributed by atoms with Crippen molar-refractivity contribution < 1.29 is 19.1 Å². The summed E-state index contributed by atoms with van der Waals surface area (Å²) in [5.41, 5.74) is 2.59. The van der Waals surface area contributed by atoms with Gasteiger partial charge in [0.25, 0.3) is 5.91 Å². The fourth-order valence-corrected chi connectivity index (χ4v) is 3.02. The van der Waals surface area contributed by atoms with Gasteiger partial charge in [0.2, 0.25) is 12.2 Å². The number of H-pyrrole nitrogens is 1. The number of aryl methyl sites for hydroxylation is 1. The first-order valence-corrected chi connectivity index (χ1v) is 10.8. The molecule has 0 saturated heterocycles. The van der Waals surface area contributed by atoms with Gasteiger partial charge in [-0.05, 0) is 38.5 Å². The maximum absolute atomic E-state index is 11.9. The van der Waals surface area contributed by atoms with E-state index in [1.165, 1.54) is 18.0 Å². The van der Waals surface area contributed by atoms with Crippen LogP contribution in [0, 0.1) is 18.3 Å². The van der Waals surface area contributed by atoms with E-state index in [2.05, 4.69) is 11.1 Å². The molecule has 1 aromatic heterocycles. The largest absolute Gasteiger partial charge is 0.496 e. The lowest BCUT2D eigenvalue weighted by molar-refractivity contribution is -0.138. The van der Waals surface area contributed by atoms with Crippen molar-refractivity contribution in [3.63, 3.8) is 0 Å². The summed E-state index contributed by atoms with van der Waals surface area (Å²) in [5, 5.41) is 9.89. The van der Waals surface area contributed by atoms with Crippen molar-refractivity contribution in [1.82, 2.24) is 14.8 Å². The van der Waals surface area contributed by atoms with E-state index in [9.17, 15) is 14.4 Å². The first-order valence-electron chi connectivity index (χ1n) is 10.8. The van der Waals surface area contributed by atoms with E-state index < -0.39 is 5.91 Å². The highest BCUT2D eigenvalue weighted by molar-refractivity contribution is 6.23. The zero-order valence-electron chi connectivity index (χ0n) is 20.4. The highest BCUT2D eigenvalue weighted by atomic mass is 16.5. The molecule has 34 heavy (non-hydrogen) atoms. The van der Waals surface area contributed by atoms with Crippen LogP contribution in [0.4, 0.5) is 0 Å². The van der Waals surface area contributed by atoms with Gasteiger partial charge in [0.05, 0.1) is 18.2 Å². The number of aromatic nitrogens is 1. The molecule has 0 aliphatic heterocycles. The minimum absolute atomic E-state index is 0.121. The van der Waals surface area contributed by atoms with Gasteiger partial charge in [0.1, 0.15) is 11.8 Å². The lowest BCUT2D eigenvalue weighted by Gasteiger charge is -2.22. The third kappa shape index (κ3) is 8.10. The van der Waals surface area contributed by atoms with Crippen LogP contribution in [-0.4, -0.2) is 66.7 Å². The van der Waals surface area contributed by atoms with Crippen LogP contribution in [0.25, 0.3) is 10.9 Å². The van der Waals surface area contributed by atoms with Gasteiger partial charge in [0.15, 0.2) is 0 Å². The van der Waals surface area contributed by atoms with Gasteiger partial charge in [0, 0.05) is 44.3 Å². The molecule has 2 amide bonds. The first-order chi connectivity index (χ1) is 16.3. The number of fused-ring (bicyclic) bond motifs is 1. The molecule has 1 N–H and O–H groups in total. The number of likely N-dealkylation sites (N-methyl/N-ethyl adjacent to an activating group) is 2. The Labute approximate surface area is 200 Å². The molecule has 1 aromatic carbocycles. The molecule has 0 bridgehead atoms. The number of benzene rings is 1. The fourth-order valence-electron chi connectivity index (χ4n) is 3.02. The van der Waals surface area contributed by atoms with Crippen molar-refractivity contribution in [2.75, 3.05) is 33.8 Å². The average Bonchev–Trinajstić information content (AvgIpc) is 3.25. The number of nitrogens with one attached hydrogen (secondary N) is 1. The Kier molecular flexibility index (Phi) is 12.2. The molecule has 0 radical (unpaired) electrons. The standard InChI is InChI=1S/C15H22N2O3.C11H10N2O/c1-4-6-7-8-9-10-14(19)17(5-2)12-11-16(3)15(20)13-18;1-7-6-13-11-8(5-12)3-4-9(14-2)10(7)11/h4,6-10,13H,5,11-12H2,1-3H3;3-4,6,13H,1-2H3/b6-4-,8-7-,10-9+;. The van der Waals surface area contributed by atoms with E-state index in [1.807, 2.05) is 51.3 Å². The molecule has 0 atom stereocenters. The molecule has 0 saturated carbocycles. The summed E-state index contributed by atoms with van der Waals surface area (Å²) in [6.07, 6.45) is 12.7. The van der Waals surface area contributed by atoms with Gasteiger partial charge < -0.3 is 19.5 Å². The summed E-state index contributed by atoms with van der Waals surface area (Å²) in [5.74, 6) is 0.0978. The molecular formula is C26H32N4O4. The highest BCUT2D eigenvalue weighted by Gasteiger charge is 2.12. The number of nitriles is 1. The Hall–Kier alpha value is -4.12. The highest BCUT2D eigenvalue weighted by Crippen LogP contribution is 2.30. The maximum atomic E-state index is 11.9. The lowest BCUT2D eigenvalue weighted by Crippen LogP contribution is -2.39. The Balaban J connectivity index is 0.000000358. The Morgan fingerprint density at radius 1 is 1.15 bits per heavy atom. The van der Waals surface area contributed by atoms with E-state index in [4.69, 9.17) is 10.00 Å². The molecule has 0 spiro atoms. The van der Waals surface area contributed by atoms with E-state index in [-0.39, 0.29) is 12.2 Å². The number of carbonyl (C=O) groups excluding carboxylic acids is 3. The van der Waals surface area contributed by atoms with Gasteiger partial charge in [-0.2, -0.15) is 5.26 Å². The Morgan fingerprint density at radius 2 is 1.85 bits per heavy atom. The van der Waals surface area contributed by atoms with Gasteiger partial charge in [-0.25, -0.2) is 0 Å². The molecule has 8 heteroatoms. The molecule has 0 aliphatic rings. The van der Waals surface area contributed by atoms with Crippen molar-refractivity contribution >= 4 is 29.0 Å². The van der Waals surface area contributed by atoms with Crippen LogP contribution in [0.15, 0.2) is 54.8 Å². The molecule has 8 nitrogen and oxygen atoms in total. The topological polar surface area (TPSA) is 106 Å². The van der Waals surface area contributed by atoms with Gasteiger partial charge in [-0.3, -0.25) is 14.4 Å². The fraction of sp³-hybridized carbons (Fsp3) is 0.308. The van der Waals surface area contributed by atoms with Gasteiger partial charge in [-0.15, -0.1) is 0 Å². The van der Waals surface area contributed by atoms with E-state index in [1.54, 1.807) is 30.2 Å². The summed E-state index contributed by atoms with van der Waals surface area (Å²) >= 11 is 0. The molecular weight excluding hydrogens is 432 g/mol. The number of ether oxygens (including phenoxy) is 1. The SMILES string of the molecule is COc1ccc(C#N)c2[nH]cc(C)c12.C\C=C/C=C\C=C\C(=O)N(CC)CCN(C)C(=O)C=O. The van der Waals surface area contributed by atoms with Crippen molar-refractivity contribution in [3.05, 3.63) is 65.9 Å². The average molecular weight is 465 g/mol. The summed E-state index contributed by atoms with van der Waals surface area (Å²) in [7, 11) is 3.16. The minimum atomic E-state index is -0.585. The third-order valence-electron chi connectivity index (χ3n) is 4.98. The monoisotopic (exact) mass is 464 g/mol. The van der Waals surface area contributed by atoms with Crippen molar-refractivity contribution in [3.8, 4) is 11.8 Å². The number of methoxy groups -OCH3 is 1. The number of aromatic amines is 1. The van der Waals surface area contributed by atoms with Crippen LogP contribution in [0.2, 0.25) is 0 Å². The molecule has 2 rings (SSSR count). The van der Waals surface area contributed by atoms with Gasteiger partial charge >= 0.3 is 0 Å². The number of amides is 2. The quantitative estimate of drug-likeness (QED) is 0.264. The van der Waals surface area contributed by atoms with Crippen molar-refractivity contribution in [1.29, 1.82) is 5.26 Å². The Bertz CT molecular complexity index is 1110. The summed E-state index contributed by atoms with van der Waals surface area (Å²) in [4.78, 5) is 39.3. The smallest absolute Gasteiger partial charge is 0.286 e. The number of hydrogen-bond acceptors (Lipinski definition) is 5.